The highest BCUT2D eigenvalue weighted by Crippen LogP contribution is 2.22. The highest BCUT2D eigenvalue weighted by atomic mass is 32.1. The number of aromatic nitrogens is 4. The summed E-state index contributed by atoms with van der Waals surface area (Å²) in [5.74, 6) is 1.33. The Kier molecular flexibility index (Phi) is 5.74. The Hall–Kier alpha value is -3.43. The summed E-state index contributed by atoms with van der Waals surface area (Å²) in [5, 5.41) is 3.66. The lowest BCUT2D eigenvalue weighted by atomic mass is 10.2. The van der Waals surface area contributed by atoms with Crippen LogP contribution in [0, 0.1) is 0 Å². The van der Waals surface area contributed by atoms with E-state index in [1.807, 2.05) is 52.7 Å². The average molecular weight is 446 g/mol. The molecule has 3 aromatic heterocycles. The van der Waals surface area contributed by atoms with Crippen LogP contribution in [0.5, 0.6) is 0 Å². The van der Waals surface area contributed by atoms with Crippen molar-refractivity contribution in [1.29, 1.82) is 0 Å². The molecule has 0 atom stereocenters. The minimum atomic E-state index is 0.105. The molecule has 5 rings (SSSR count). The molecule has 0 spiro atoms. The Balaban J connectivity index is 1.16. The van der Waals surface area contributed by atoms with Gasteiger partial charge in [-0.3, -0.25) is 14.7 Å². The standard InChI is InChI=1S/C23H23N7OS/c24-22-17-5-1-2-6-18(17)27-20(28-22)14-29-9-11-30(12-10-29)21(31)13-16-15-32-23(26-16)19-7-3-4-8-25-19/h1-8,15H,9-14H2,(H2,24,27,28). The second kappa shape index (κ2) is 8.97. The molecular weight excluding hydrogens is 422 g/mol. The van der Waals surface area contributed by atoms with Crippen LogP contribution in [0.2, 0.25) is 0 Å². The van der Waals surface area contributed by atoms with Crippen LogP contribution in [0.3, 0.4) is 0 Å². The monoisotopic (exact) mass is 445 g/mol. The highest BCUT2D eigenvalue weighted by molar-refractivity contribution is 7.13. The molecule has 1 fully saturated rings. The first-order valence-electron chi connectivity index (χ1n) is 10.5. The highest BCUT2D eigenvalue weighted by Gasteiger charge is 2.23. The predicted molar refractivity (Wildman–Crippen MR) is 125 cm³/mol. The molecule has 32 heavy (non-hydrogen) atoms. The number of rotatable bonds is 5. The number of thiazole rings is 1. The summed E-state index contributed by atoms with van der Waals surface area (Å²) in [5.41, 5.74) is 8.59. The SMILES string of the molecule is Nc1nc(CN2CCN(C(=O)Cc3csc(-c4ccccn4)n3)CC2)nc2ccccc12. The maximum atomic E-state index is 12.8. The third-order valence-electron chi connectivity index (χ3n) is 5.54. The summed E-state index contributed by atoms with van der Waals surface area (Å²) in [4.78, 5) is 35.0. The fourth-order valence-corrected chi connectivity index (χ4v) is 4.63. The number of pyridine rings is 1. The van der Waals surface area contributed by atoms with Gasteiger partial charge in [0.1, 0.15) is 16.6 Å². The third kappa shape index (κ3) is 4.44. The van der Waals surface area contributed by atoms with E-state index < -0.39 is 0 Å². The van der Waals surface area contributed by atoms with E-state index in [0.717, 1.165) is 40.4 Å². The van der Waals surface area contributed by atoms with Crippen LogP contribution in [-0.4, -0.2) is 61.8 Å². The number of amides is 1. The van der Waals surface area contributed by atoms with Gasteiger partial charge in [0, 0.05) is 43.1 Å². The predicted octanol–water partition coefficient (Wildman–Crippen LogP) is 2.62. The van der Waals surface area contributed by atoms with E-state index in [4.69, 9.17) is 5.73 Å². The van der Waals surface area contributed by atoms with E-state index in [1.165, 1.54) is 11.3 Å². The Morgan fingerprint density at radius 1 is 1.00 bits per heavy atom. The summed E-state index contributed by atoms with van der Waals surface area (Å²) in [6, 6.07) is 13.5. The van der Waals surface area contributed by atoms with E-state index in [9.17, 15) is 4.79 Å². The number of piperazine rings is 1. The second-order valence-electron chi connectivity index (χ2n) is 7.73. The molecule has 4 aromatic rings. The van der Waals surface area contributed by atoms with Gasteiger partial charge in [-0.15, -0.1) is 11.3 Å². The molecule has 1 aromatic carbocycles. The van der Waals surface area contributed by atoms with Gasteiger partial charge in [-0.2, -0.15) is 0 Å². The Morgan fingerprint density at radius 3 is 2.62 bits per heavy atom. The number of benzene rings is 1. The molecule has 1 aliphatic heterocycles. The number of carbonyl (C=O) groups excluding carboxylic acids is 1. The first-order valence-corrected chi connectivity index (χ1v) is 11.4. The maximum Gasteiger partial charge on any atom is 0.228 e. The van der Waals surface area contributed by atoms with Gasteiger partial charge in [0.2, 0.25) is 5.91 Å². The Bertz CT molecular complexity index is 1240. The van der Waals surface area contributed by atoms with Gasteiger partial charge in [-0.05, 0) is 24.3 Å². The number of hydrogen-bond donors (Lipinski definition) is 1. The lowest BCUT2D eigenvalue weighted by Crippen LogP contribution is -2.48. The van der Waals surface area contributed by atoms with Gasteiger partial charge in [0.15, 0.2) is 0 Å². The summed E-state index contributed by atoms with van der Waals surface area (Å²) in [6.07, 6.45) is 2.06. The zero-order valence-electron chi connectivity index (χ0n) is 17.5. The molecule has 9 heteroatoms. The van der Waals surface area contributed by atoms with Crippen LogP contribution in [0.15, 0.2) is 54.0 Å². The molecule has 0 unspecified atom stereocenters. The van der Waals surface area contributed by atoms with Gasteiger partial charge in [-0.1, -0.05) is 18.2 Å². The van der Waals surface area contributed by atoms with E-state index in [0.29, 0.717) is 37.7 Å². The van der Waals surface area contributed by atoms with E-state index in [-0.39, 0.29) is 5.91 Å². The number of nitrogens with two attached hydrogens (primary N) is 1. The van der Waals surface area contributed by atoms with Crippen LogP contribution in [0.25, 0.3) is 21.6 Å². The molecule has 1 saturated heterocycles. The molecule has 8 nitrogen and oxygen atoms in total. The van der Waals surface area contributed by atoms with Gasteiger partial charge >= 0.3 is 0 Å². The van der Waals surface area contributed by atoms with Crippen LogP contribution in [0.1, 0.15) is 11.5 Å². The largest absolute Gasteiger partial charge is 0.383 e. The van der Waals surface area contributed by atoms with Crippen LogP contribution in [0.4, 0.5) is 5.82 Å². The Morgan fingerprint density at radius 2 is 1.81 bits per heavy atom. The lowest BCUT2D eigenvalue weighted by molar-refractivity contribution is -0.132. The summed E-state index contributed by atoms with van der Waals surface area (Å²) in [6.45, 7) is 3.53. The fourth-order valence-electron chi connectivity index (χ4n) is 3.84. The molecule has 1 amide bonds. The van der Waals surface area contributed by atoms with Crippen molar-refractivity contribution < 1.29 is 4.79 Å². The van der Waals surface area contributed by atoms with E-state index >= 15 is 0 Å². The van der Waals surface area contributed by atoms with Gasteiger partial charge in [0.25, 0.3) is 0 Å². The topological polar surface area (TPSA) is 101 Å². The normalized spacial score (nSPS) is 14.7. The van der Waals surface area contributed by atoms with Crippen LogP contribution in [-0.2, 0) is 17.8 Å². The van der Waals surface area contributed by atoms with Crippen LogP contribution < -0.4 is 5.73 Å². The molecule has 1 aliphatic rings. The summed E-state index contributed by atoms with van der Waals surface area (Å²) < 4.78 is 0. The minimum absolute atomic E-state index is 0.105. The second-order valence-corrected chi connectivity index (χ2v) is 8.59. The average Bonchev–Trinajstić information content (AvgIpc) is 3.29. The van der Waals surface area contributed by atoms with Crippen molar-refractivity contribution in [2.45, 2.75) is 13.0 Å². The number of anilines is 1. The number of carbonyl (C=O) groups is 1. The van der Waals surface area contributed by atoms with E-state index in [2.05, 4.69) is 24.8 Å². The minimum Gasteiger partial charge on any atom is -0.383 e. The fraction of sp³-hybridized carbons (Fsp3) is 0.261. The number of nitrogen functional groups attached to an aromatic ring is 1. The molecule has 0 radical (unpaired) electrons. The third-order valence-corrected chi connectivity index (χ3v) is 6.45. The van der Waals surface area contributed by atoms with Crippen molar-refractivity contribution in [3.63, 3.8) is 0 Å². The van der Waals surface area contributed by atoms with Crippen molar-refractivity contribution in [3.8, 4) is 10.7 Å². The summed E-state index contributed by atoms with van der Waals surface area (Å²) >= 11 is 1.52. The van der Waals surface area contributed by atoms with E-state index in [1.54, 1.807) is 6.20 Å². The molecule has 2 N–H and O–H groups in total. The van der Waals surface area contributed by atoms with Gasteiger partial charge in [0.05, 0.1) is 29.9 Å². The van der Waals surface area contributed by atoms with Crippen LogP contribution >= 0.6 is 11.3 Å². The zero-order chi connectivity index (χ0) is 21.9. The molecule has 0 bridgehead atoms. The number of hydrogen-bond acceptors (Lipinski definition) is 8. The molecule has 162 valence electrons. The van der Waals surface area contributed by atoms with Crippen molar-refractivity contribution in [2.75, 3.05) is 31.9 Å². The zero-order valence-corrected chi connectivity index (χ0v) is 18.3. The van der Waals surface area contributed by atoms with Crippen molar-refractivity contribution in [2.24, 2.45) is 0 Å². The van der Waals surface area contributed by atoms with Crippen molar-refractivity contribution in [1.82, 2.24) is 29.7 Å². The lowest BCUT2D eigenvalue weighted by Gasteiger charge is -2.34. The first-order chi connectivity index (χ1) is 15.7. The van der Waals surface area contributed by atoms with Gasteiger partial charge in [-0.25, -0.2) is 15.0 Å². The number of para-hydroxylation sites is 1. The van der Waals surface area contributed by atoms with Gasteiger partial charge < -0.3 is 10.6 Å². The first kappa shape index (κ1) is 20.5. The Labute approximate surface area is 189 Å². The summed E-state index contributed by atoms with van der Waals surface area (Å²) in [7, 11) is 0. The maximum absolute atomic E-state index is 12.8. The smallest absolute Gasteiger partial charge is 0.228 e. The molecule has 4 heterocycles. The number of nitrogens with zero attached hydrogens (tertiary/aromatic N) is 6. The molecule has 0 saturated carbocycles. The quantitative estimate of drug-likeness (QED) is 0.504. The molecular formula is C23H23N7OS. The number of fused-ring (bicyclic) bond motifs is 1. The molecule has 0 aliphatic carbocycles. The van der Waals surface area contributed by atoms with Crippen molar-refractivity contribution >= 4 is 34.0 Å². The van der Waals surface area contributed by atoms with Crippen molar-refractivity contribution in [3.05, 3.63) is 65.6 Å².